The fourth-order valence-electron chi connectivity index (χ4n) is 1.80. The second-order valence-electron chi connectivity index (χ2n) is 3.76. The first kappa shape index (κ1) is 12.5. The fraction of sp³-hybridized carbons (Fsp3) is 0.636. The molecule has 0 bridgehead atoms. The first-order valence-electron chi connectivity index (χ1n) is 5.44. The Bertz CT molecular complexity index is 277. The zero-order chi connectivity index (χ0) is 12.0. The molecule has 0 saturated carbocycles. The van der Waals surface area contributed by atoms with Crippen molar-refractivity contribution < 1.29 is 19.4 Å². The zero-order valence-electron chi connectivity index (χ0n) is 9.22. The molecule has 0 aromatic heterocycles. The van der Waals surface area contributed by atoms with E-state index in [9.17, 15) is 9.59 Å². The molecule has 1 aliphatic rings. The summed E-state index contributed by atoms with van der Waals surface area (Å²) < 4.78 is 4.87. The lowest BCUT2D eigenvalue weighted by molar-refractivity contribution is -0.142. The minimum absolute atomic E-state index is 0.113. The van der Waals surface area contributed by atoms with Gasteiger partial charge in [0.05, 0.1) is 0 Å². The van der Waals surface area contributed by atoms with Crippen molar-refractivity contribution >= 4 is 12.1 Å². The number of ether oxygens (including phenoxy) is 1. The van der Waals surface area contributed by atoms with Gasteiger partial charge in [0, 0.05) is 6.54 Å². The monoisotopic (exact) mass is 227 g/mol. The van der Waals surface area contributed by atoms with E-state index in [2.05, 4.69) is 6.58 Å². The van der Waals surface area contributed by atoms with Crippen molar-refractivity contribution in [1.29, 1.82) is 0 Å². The van der Waals surface area contributed by atoms with Crippen molar-refractivity contribution in [3.63, 3.8) is 0 Å². The van der Waals surface area contributed by atoms with Crippen LogP contribution in [-0.4, -0.2) is 41.3 Å². The summed E-state index contributed by atoms with van der Waals surface area (Å²) in [5.41, 5.74) is 0. The number of hydrogen-bond donors (Lipinski definition) is 1. The SMILES string of the molecule is C=CCOC(=O)N1CCCCCC1C(=O)O. The lowest BCUT2D eigenvalue weighted by Gasteiger charge is -2.25. The standard InChI is InChI=1S/C11H17NO4/c1-2-8-16-11(15)12-7-5-3-4-6-9(12)10(13)14/h2,9H,1,3-8H2,(H,13,14). The van der Waals surface area contributed by atoms with Gasteiger partial charge in [-0.3, -0.25) is 4.90 Å². The van der Waals surface area contributed by atoms with Crippen molar-refractivity contribution in [2.24, 2.45) is 0 Å². The highest BCUT2D eigenvalue weighted by atomic mass is 16.6. The third-order valence-corrected chi connectivity index (χ3v) is 2.60. The molecule has 0 radical (unpaired) electrons. The van der Waals surface area contributed by atoms with Gasteiger partial charge >= 0.3 is 12.1 Å². The number of carbonyl (C=O) groups excluding carboxylic acids is 1. The number of hydrogen-bond acceptors (Lipinski definition) is 3. The van der Waals surface area contributed by atoms with Gasteiger partial charge in [0.25, 0.3) is 0 Å². The molecule has 1 heterocycles. The van der Waals surface area contributed by atoms with Gasteiger partial charge in [-0.1, -0.05) is 25.5 Å². The van der Waals surface area contributed by atoms with Crippen molar-refractivity contribution in [2.45, 2.75) is 31.7 Å². The summed E-state index contributed by atoms with van der Waals surface area (Å²) in [6.07, 6.45) is 4.02. The van der Waals surface area contributed by atoms with Gasteiger partial charge in [-0.2, -0.15) is 0 Å². The molecular weight excluding hydrogens is 210 g/mol. The highest BCUT2D eigenvalue weighted by Crippen LogP contribution is 2.17. The van der Waals surface area contributed by atoms with Gasteiger partial charge in [0.15, 0.2) is 0 Å². The molecular formula is C11H17NO4. The lowest BCUT2D eigenvalue weighted by Crippen LogP contribution is -2.44. The van der Waals surface area contributed by atoms with E-state index < -0.39 is 18.1 Å². The van der Waals surface area contributed by atoms with Gasteiger partial charge in [-0.15, -0.1) is 0 Å². The van der Waals surface area contributed by atoms with E-state index in [0.29, 0.717) is 13.0 Å². The average Bonchev–Trinajstić information content (AvgIpc) is 2.50. The summed E-state index contributed by atoms with van der Waals surface area (Å²) in [6, 6.07) is -0.750. The molecule has 5 nitrogen and oxygen atoms in total. The first-order chi connectivity index (χ1) is 7.66. The maximum Gasteiger partial charge on any atom is 0.410 e. The van der Waals surface area contributed by atoms with Crippen LogP contribution in [0, 0.1) is 0 Å². The van der Waals surface area contributed by atoms with Gasteiger partial charge < -0.3 is 9.84 Å². The Morgan fingerprint density at radius 2 is 2.19 bits per heavy atom. The smallest absolute Gasteiger partial charge is 0.410 e. The topological polar surface area (TPSA) is 66.8 Å². The average molecular weight is 227 g/mol. The third-order valence-electron chi connectivity index (χ3n) is 2.60. The van der Waals surface area contributed by atoms with Gasteiger partial charge in [0.1, 0.15) is 12.6 Å². The van der Waals surface area contributed by atoms with E-state index in [1.165, 1.54) is 11.0 Å². The van der Waals surface area contributed by atoms with Crippen LogP contribution in [0.4, 0.5) is 4.79 Å². The van der Waals surface area contributed by atoms with E-state index in [-0.39, 0.29) is 6.61 Å². The molecule has 1 rings (SSSR count). The summed E-state index contributed by atoms with van der Waals surface area (Å²) in [4.78, 5) is 23.9. The Labute approximate surface area is 94.7 Å². The third kappa shape index (κ3) is 3.25. The van der Waals surface area contributed by atoms with Crippen molar-refractivity contribution in [1.82, 2.24) is 4.90 Å². The summed E-state index contributed by atoms with van der Waals surface area (Å²) >= 11 is 0. The quantitative estimate of drug-likeness (QED) is 0.744. The molecule has 90 valence electrons. The van der Waals surface area contributed by atoms with E-state index in [4.69, 9.17) is 9.84 Å². The number of nitrogens with zero attached hydrogens (tertiary/aromatic N) is 1. The van der Waals surface area contributed by atoms with Crippen LogP contribution in [0.15, 0.2) is 12.7 Å². The molecule has 16 heavy (non-hydrogen) atoms. The van der Waals surface area contributed by atoms with Gasteiger partial charge in [0.2, 0.25) is 0 Å². The summed E-state index contributed by atoms with van der Waals surface area (Å²) in [5, 5.41) is 9.04. The Morgan fingerprint density at radius 3 is 2.81 bits per heavy atom. The minimum atomic E-state index is -0.961. The number of carbonyl (C=O) groups is 2. The van der Waals surface area contributed by atoms with E-state index >= 15 is 0 Å². The van der Waals surface area contributed by atoms with Crippen molar-refractivity contribution in [2.75, 3.05) is 13.2 Å². The fourth-order valence-corrected chi connectivity index (χ4v) is 1.80. The van der Waals surface area contributed by atoms with Crippen LogP contribution in [0.25, 0.3) is 0 Å². The van der Waals surface area contributed by atoms with E-state index in [1.807, 2.05) is 0 Å². The molecule has 1 unspecified atom stereocenters. The Kier molecular flexibility index (Phi) is 4.82. The molecule has 0 aromatic rings. The molecule has 1 amide bonds. The van der Waals surface area contributed by atoms with Crippen molar-refractivity contribution in [3.8, 4) is 0 Å². The number of likely N-dealkylation sites (tertiary alicyclic amines) is 1. The van der Waals surface area contributed by atoms with Crippen LogP contribution >= 0.6 is 0 Å². The normalized spacial score (nSPS) is 21.0. The van der Waals surface area contributed by atoms with Crippen LogP contribution in [0.3, 0.4) is 0 Å². The van der Waals surface area contributed by atoms with Crippen LogP contribution in [0.1, 0.15) is 25.7 Å². The second kappa shape index (κ2) is 6.15. The lowest BCUT2D eigenvalue weighted by atomic mass is 10.1. The number of carboxylic acid groups (broad SMARTS) is 1. The summed E-state index contributed by atoms with van der Waals surface area (Å²) in [6.45, 7) is 4.00. The predicted molar refractivity (Wildman–Crippen MR) is 58.1 cm³/mol. The molecule has 1 aliphatic heterocycles. The Morgan fingerprint density at radius 1 is 1.44 bits per heavy atom. The van der Waals surface area contributed by atoms with Crippen LogP contribution in [0.5, 0.6) is 0 Å². The Balaban J connectivity index is 2.66. The summed E-state index contributed by atoms with van der Waals surface area (Å²) in [7, 11) is 0. The minimum Gasteiger partial charge on any atom is -0.480 e. The molecule has 1 N–H and O–H groups in total. The highest BCUT2D eigenvalue weighted by Gasteiger charge is 2.31. The van der Waals surface area contributed by atoms with Crippen molar-refractivity contribution in [3.05, 3.63) is 12.7 Å². The predicted octanol–water partition coefficient (Wildman–Crippen LogP) is 1.64. The number of carboxylic acids is 1. The number of amides is 1. The molecule has 0 aromatic carbocycles. The van der Waals surface area contributed by atoms with Crippen LogP contribution < -0.4 is 0 Å². The van der Waals surface area contributed by atoms with E-state index in [1.54, 1.807) is 0 Å². The van der Waals surface area contributed by atoms with Gasteiger partial charge in [-0.25, -0.2) is 9.59 Å². The molecule has 0 aliphatic carbocycles. The van der Waals surface area contributed by atoms with Crippen LogP contribution in [0.2, 0.25) is 0 Å². The molecule has 1 atom stereocenters. The first-order valence-corrected chi connectivity index (χ1v) is 5.44. The van der Waals surface area contributed by atoms with Crippen LogP contribution in [-0.2, 0) is 9.53 Å². The maximum atomic E-state index is 11.6. The second-order valence-corrected chi connectivity index (χ2v) is 3.76. The molecule has 5 heteroatoms. The molecule has 1 saturated heterocycles. The summed E-state index contributed by atoms with van der Waals surface area (Å²) in [5.74, 6) is -0.961. The molecule has 0 spiro atoms. The maximum absolute atomic E-state index is 11.6. The van der Waals surface area contributed by atoms with E-state index in [0.717, 1.165) is 19.3 Å². The number of rotatable bonds is 3. The highest BCUT2D eigenvalue weighted by molar-refractivity contribution is 5.80. The molecule has 1 fully saturated rings. The number of aliphatic carboxylic acids is 1. The Hall–Kier alpha value is -1.52. The largest absolute Gasteiger partial charge is 0.480 e. The zero-order valence-corrected chi connectivity index (χ0v) is 9.22. The van der Waals surface area contributed by atoms with Gasteiger partial charge in [-0.05, 0) is 12.8 Å².